The molecule has 6 heteroatoms. The first-order valence-corrected chi connectivity index (χ1v) is 4.57. The molecule has 1 aromatic rings. The Kier molecular flexibility index (Phi) is 3.99. The monoisotopic (exact) mass is 211 g/mol. The predicted octanol–water partition coefficient (Wildman–Crippen LogP) is 0.358. The molecule has 0 spiro atoms. The van der Waals surface area contributed by atoms with Gasteiger partial charge in [0.05, 0.1) is 18.5 Å². The minimum Gasteiger partial charge on any atom is -0.476 e. The van der Waals surface area contributed by atoms with Crippen LogP contribution in [0.5, 0.6) is 0 Å². The average Bonchev–Trinajstić information content (AvgIpc) is 2.18. The number of aromatic nitrogens is 2. The van der Waals surface area contributed by atoms with E-state index in [4.69, 9.17) is 10.2 Å². The molecular weight excluding hydrogens is 198 g/mol. The second-order valence-electron chi connectivity index (χ2n) is 3.16. The molecule has 1 aromatic heterocycles. The van der Waals surface area contributed by atoms with E-state index < -0.39 is 5.97 Å². The lowest BCUT2D eigenvalue weighted by Crippen LogP contribution is -2.11. The number of aliphatic hydroxyl groups is 1. The Hall–Kier alpha value is -1.69. The van der Waals surface area contributed by atoms with Gasteiger partial charge < -0.3 is 15.5 Å². The molecule has 0 fully saturated rings. The normalized spacial score (nSPS) is 12.1. The number of nitrogens with one attached hydrogen (secondary N) is 1. The number of aliphatic hydroxyl groups excluding tert-OH is 1. The quantitative estimate of drug-likeness (QED) is 0.650. The standard InChI is InChI=1S/C9H13N3O3/c1-6(13)2-3-10-8-5-11-7(4-12-8)9(14)15/h4-6,13H,2-3H2,1H3,(H,10,12)(H,14,15). The van der Waals surface area contributed by atoms with E-state index in [1.165, 1.54) is 12.4 Å². The molecule has 1 unspecified atom stereocenters. The largest absolute Gasteiger partial charge is 0.476 e. The number of rotatable bonds is 5. The van der Waals surface area contributed by atoms with Crippen LogP contribution in [0.3, 0.4) is 0 Å². The molecule has 3 N–H and O–H groups in total. The SMILES string of the molecule is CC(O)CCNc1cnc(C(=O)O)cn1. The molecule has 0 aliphatic carbocycles. The first-order chi connectivity index (χ1) is 7.09. The van der Waals surface area contributed by atoms with Crippen molar-refractivity contribution in [2.75, 3.05) is 11.9 Å². The first kappa shape index (κ1) is 11.4. The second kappa shape index (κ2) is 5.26. The van der Waals surface area contributed by atoms with Crippen LogP contribution < -0.4 is 5.32 Å². The van der Waals surface area contributed by atoms with Crippen molar-refractivity contribution >= 4 is 11.8 Å². The van der Waals surface area contributed by atoms with Crippen molar-refractivity contribution < 1.29 is 15.0 Å². The van der Waals surface area contributed by atoms with Crippen molar-refractivity contribution in [1.29, 1.82) is 0 Å². The molecule has 0 aliphatic rings. The fourth-order valence-corrected chi connectivity index (χ4v) is 0.939. The van der Waals surface area contributed by atoms with E-state index in [2.05, 4.69) is 15.3 Å². The number of anilines is 1. The van der Waals surface area contributed by atoms with Crippen LogP contribution in [-0.2, 0) is 0 Å². The Balaban J connectivity index is 2.46. The summed E-state index contributed by atoms with van der Waals surface area (Å²) in [6.07, 6.45) is 2.77. The number of hydrogen-bond donors (Lipinski definition) is 3. The third-order valence-corrected chi connectivity index (χ3v) is 1.74. The van der Waals surface area contributed by atoms with Gasteiger partial charge in [0.25, 0.3) is 0 Å². The summed E-state index contributed by atoms with van der Waals surface area (Å²) in [4.78, 5) is 18.0. The molecule has 0 aromatic carbocycles. The summed E-state index contributed by atoms with van der Waals surface area (Å²) in [6.45, 7) is 2.26. The first-order valence-electron chi connectivity index (χ1n) is 4.57. The van der Waals surface area contributed by atoms with Crippen LogP contribution in [0.1, 0.15) is 23.8 Å². The van der Waals surface area contributed by atoms with Crippen molar-refractivity contribution in [1.82, 2.24) is 9.97 Å². The maximum atomic E-state index is 10.5. The van der Waals surface area contributed by atoms with Gasteiger partial charge >= 0.3 is 5.97 Å². The molecule has 0 aliphatic heterocycles. The summed E-state index contributed by atoms with van der Waals surface area (Å²) < 4.78 is 0. The number of nitrogens with zero attached hydrogens (tertiary/aromatic N) is 2. The molecule has 1 atom stereocenters. The van der Waals surface area contributed by atoms with E-state index in [9.17, 15) is 4.79 Å². The molecule has 0 radical (unpaired) electrons. The molecule has 15 heavy (non-hydrogen) atoms. The van der Waals surface area contributed by atoms with Crippen molar-refractivity contribution in [3.8, 4) is 0 Å². The summed E-state index contributed by atoms with van der Waals surface area (Å²) in [7, 11) is 0. The highest BCUT2D eigenvalue weighted by atomic mass is 16.4. The minimum atomic E-state index is -1.10. The van der Waals surface area contributed by atoms with Crippen LogP contribution in [0.4, 0.5) is 5.82 Å². The van der Waals surface area contributed by atoms with Gasteiger partial charge in [-0.3, -0.25) is 0 Å². The van der Waals surface area contributed by atoms with Gasteiger partial charge in [-0.15, -0.1) is 0 Å². The summed E-state index contributed by atoms with van der Waals surface area (Å²) in [5.41, 5.74) is -0.0870. The molecular formula is C9H13N3O3. The number of aromatic carboxylic acids is 1. The van der Waals surface area contributed by atoms with Crippen molar-refractivity contribution in [3.05, 3.63) is 18.1 Å². The van der Waals surface area contributed by atoms with Gasteiger partial charge in [-0.2, -0.15) is 0 Å². The maximum Gasteiger partial charge on any atom is 0.356 e. The molecule has 0 amide bonds. The number of carboxylic acids is 1. The van der Waals surface area contributed by atoms with Gasteiger partial charge in [0.15, 0.2) is 5.69 Å². The zero-order valence-electron chi connectivity index (χ0n) is 8.34. The zero-order chi connectivity index (χ0) is 11.3. The van der Waals surface area contributed by atoms with Crippen LogP contribution >= 0.6 is 0 Å². The van der Waals surface area contributed by atoms with Crippen LogP contribution in [0, 0.1) is 0 Å². The Morgan fingerprint density at radius 3 is 2.73 bits per heavy atom. The van der Waals surface area contributed by atoms with E-state index >= 15 is 0 Å². The van der Waals surface area contributed by atoms with Crippen molar-refractivity contribution in [2.45, 2.75) is 19.4 Å². The van der Waals surface area contributed by atoms with E-state index in [0.29, 0.717) is 18.8 Å². The average molecular weight is 211 g/mol. The fraction of sp³-hybridized carbons (Fsp3) is 0.444. The summed E-state index contributed by atoms with van der Waals surface area (Å²) in [5.74, 6) is -0.598. The molecule has 82 valence electrons. The predicted molar refractivity (Wildman–Crippen MR) is 53.8 cm³/mol. The summed E-state index contributed by atoms with van der Waals surface area (Å²) in [5, 5.41) is 20.5. The van der Waals surface area contributed by atoms with Crippen molar-refractivity contribution in [3.63, 3.8) is 0 Å². The third kappa shape index (κ3) is 3.90. The third-order valence-electron chi connectivity index (χ3n) is 1.74. The van der Waals surface area contributed by atoms with Gasteiger partial charge in [-0.1, -0.05) is 0 Å². The van der Waals surface area contributed by atoms with E-state index in [0.717, 1.165) is 0 Å². The van der Waals surface area contributed by atoms with Gasteiger partial charge in [-0.25, -0.2) is 14.8 Å². The van der Waals surface area contributed by atoms with Crippen LogP contribution in [0.15, 0.2) is 12.4 Å². The lowest BCUT2D eigenvalue weighted by atomic mass is 10.3. The topological polar surface area (TPSA) is 95.3 Å². The molecule has 1 rings (SSSR count). The molecule has 1 heterocycles. The van der Waals surface area contributed by atoms with Gasteiger partial charge in [0.2, 0.25) is 0 Å². The smallest absolute Gasteiger partial charge is 0.356 e. The van der Waals surface area contributed by atoms with E-state index in [-0.39, 0.29) is 11.8 Å². The lowest BCUT2D eigenvalue weighted by Gasteiger charge is -2.06. The number of hydrogen-bond acceptors (Lipinski definition) is 5. The number of carboxylic acid groups (broad SMARTS) is 1. The van der Waals surface area contributed by atoms with Crippen LogP contribution in [0.2, 0.25) is 0 Å². The van der Waals surface area contributed by atoms with Gasteiger partial charge in [0, 0.05) is 6.54 Å². The van der Waals surface area contributed by atoms with Gasteiger partial charge in [-0.05, 0) is 13.3 Å². The highest BCUT2D eigenvalue weighted by Gasteiger charge is 2.04. The Bertz CT molecular complexity index is 324. The maximum absolute atomic E-state index is 10.5. The highest BCUT2D eigenvalue weighted by molar-refractivity contribution is 5.84. The lowest BCUT2D eigenvalue weighted by molar-refractivity contribution is 0.0690. The Morgan fingerprint density at radius 2 is 2.27 bits per heavy atom. The zero-order valence-corrected chi connectivity index (χ0v) is 8.34. The van der Waals surface area contributed by atoms with Crippen LogP contribution in [-0.4, -0.2) is 38.8 Å². The molecule has 6 nitrogen and oxygen atoms in total. The molecule has 0 saturated carbocycles. The van der Waals surface area contributed by atoms with E-state index in [1.807, 2.05) is 0 Å². The summed E-state index contributed by atoms with van der Waals surface area (Å²) >= 11 is 0. The second-order valence-corrected chi connectivity index (χ2v) is 3.16. The Labute approximate surface area is 87.0 Å². The van der Waals surface area contributed by atoms with Crippen molar-refractivity contribution in [2.24, 2.45) is 0 Å². The van der Waals surface area contributed by atoms with E-state index in [1.54, 1.807) is 6.92 Å². The summed E-state index contributed by atoms with van der Waals surface area (Å²) in [6, 6.07) is 0. The number of carbonyl (C=O) groups is 1. The molecule has 0 bridgehead atoms. The van der Waals surface area contributed by atoms with Crippen LogP contribution in [0.25, 0.3) is 0 Å². The molecule has 0 saturated heterocycles. The van der Waals surface area contributed by atoms with Gasteiger partial charge in [0.1, 0.15) is 5.82 Å². The highest BCUT2D eigenvalue weighted by Crippen LogP contribution is 2.01. The Morgan fingerprint density at radius 1 is 1.53 bits per heavy atom. The fourth-order valence-electron chi connectivity index (χ4n) is 0.939. The minimum absolute atomic E-state index is 0.0870.